The van der Waals surface area contributed by atoms with Gasteiger partial charge in [-0.15, -0.1) is 0 Å². The van der Waals surface area contributed by atoms with Crippen molar-refractivity contribution in [2.24, 2.45) is 11.1 Å². The normalized spacial score (nSPS) is 22.8. The summed E-state index contributed by atoms with van der Waals surface area (Å²) in [6, 6.07) is 17.4. The van der Waals surface area contributed by atoms with Gasteiger partial charge >= 0.3 is 12.1 Å². The molecular weight excluding hydrogens is 1180 g/mol. The van der Waals surface area contributed by atoms with Gasteiger partial charge in [-0.25, -0.2) is 14.5 Å². The third-order valence-corrected chi connectivity index (χ3v) is 16.9. The van der Waals surface area contributed by atoms with Crippen LogP contribution in [0.1, 0.15) is 82.4 Å². The standard InChI is InChI=1S/C63H80N6O21/c1-80-48-28-41-43(65-33-40-32-63(13-14-63)36-68(40)57(41)74)30-50(48)86-16-6-3-7-17-87-51-31-45-42(29-49(51)81-2)58(75)67-34-39-9-5-4-8-38(39)27-46(67)59(76)69(45)62(79)88-35-37-10-11-47(89-61-55(73)53(71)54(72)56(90-61)60(77)78)44(26-37)66-52(70)12-18-82-20-22-84-24-25-85-23-21-83-19-15-64/h4-5,8-11,26,28-31,40,46,53-56,59,61,65,71-73,76H,3,6-7,12-25,27,32-36,64H2,1-2H3,(H,66,70)(H,77,78)/t40-,46-,53-,54-,55+,56-,59-,61+/m0/s1. The average Bonchev–Trinajstić information content (AvgIpc) is 1.59. The van der Waals surface area contributed by atoms with Crippen molar-refractivity contribution in [1.29, 1.82) is 0 Å². The molecule has 27 nitrogen and oxygen atoms in total. The molecule has 9 N–H and O–H groups in total. The summed E-state index contributed by atoms with van der Waals surface area (Å²) < 4.78 is 63.0. The van der Waals surface area contributed by atoms with Gasteiger partial charge in [0.25, 0.3) is 11.8 Å². The zero-order chi connectivity index (χ0) is 63.5. The number of ether oxygens (including phenoxy) is 11. The summed E-state index contributed by atoms with van der Waals surface area (Å²) in [5.74, 6) is -1.51. The Hall–Kier alpha value is -7.57. The number of fused-ring (bicyclic) bond motifs is 5. The summed E-state index contributed by atoms with van der Waals surface area (Å²) in [5, 5.41) is 60.0. The van der Waals surface area contributed by atoms with Crippen LogP contribution in [0.15, 0.2) is 66.7 Å². The maximum Gasteiger partial charge on any atom is 0.416 e. The highest BCUT2D eigenvalue weighted by atomic mass is 16.7. The minimum atomic E-state index is -2.00. The summed E-state index contributed by atoms with van der Waals surface area (Å²) >= 11 is 0. The number of carboxylic acid groups (broad SMARTS) is 1. The number of rotatable bonds is 30. The Kier molecular flexibility index (Phi) is 21.8. The number of nitrogens with two attached hydrogens (primary N) is 1. The monoisotopic (exact) mass is 1260 g/mol. The smallest absolute Gasteiger partial charge is 0.416 e. The number of hydrogen-bond donors (Lipinski definition) is 8. The number of hydrogen-bond acceptors (Lipinski definition) is 22. The molecule has 0 aromatic heterocycles. The molecule has 2 saturated heterocycles. The van der Waals surface area contributed by atoms with Crippen molar-refractivity contribution in [3.05, 3.63) is 94.5 Å². The number of methoxy groups -OCH3 is 2. The van der Waals surface area contributed by atoms with Gasteiger partial charge in [-0.05, 0) is 91.3 Å². The first-order valence-electron chi connectivity index (χ1n) is 30.4. The van der Waals surface area contributed by atoms with Gasteiger partial charge in [0, 0.05) is 44.4 Å². The first kappa shape index (κ1) is 65.4. The molecule has 27 heteroatoms. The van der Waals surface area contributed by atoms with Gasteiger partial charge in [0.15, 0.2) is 35.3 Å². The first-order valence-corrected chi connectivity index (χ1v) is 30.4. The van der Waals surface area contributed by atoms with E-state index >= 15 is 0 Å². The number of aliphatic hydroxyl groups is 4. The number of amides is 4. The number of anilines is 3. The second kappa shape index (κ2) is 30.0. The van der Waals surface area contributed by atoms with Crippen LogP contribution in [0.4, 0.5) is 21.9 Å². The Labute approximate surface area is 520 Å². The van der Waals surface area contributed by atoms with Crippen molar-refractivity contribution in [3.8, 4) is 28.7 Å². The highest BCUT2D eigenvalue weighted by molar-refractivity contribution is 6.06. The molecule has 5 aliphatic heterocycles. The van der Waals surface area contributed by atoms with Gasteiger partial charge in [0.05, 0.1) is 121 Å². The minimum Gasteiger partial charge on any atom is -0.493 e. The maximum absolute atomic E-state index is 14.8. The Morgan fingerprint density at radius 1 is 0.711 bits per heavy atom. The van der Waals surface area contributed by atoms with Crippen LogP contribution in [0, 0.1) is 5.41 Å². The number of nitrogens with one attached hydrogen (secondary N) is 2. The molecule has 0 unspecified atom stereocenters. The lowest BCUT2D eigenvalue weighted by Gasteiger charge is -2.39. The molecule has 5 heterocycles. The first-order chi connectivity index (χ1) is 43.6. The van der Waals surface area contributed by atoms with E-state index in [1.54, 1.807) is 13.2 Å². The molecule has 0 bridgehead atoms. The quantitative estimate of drug-likeness (QED) is 0.0347. The van der Waals surface area contributed by atoms with Crippen LogP contribution in [0.2, 0.25) is 0 Å². The molecule has 488 valence electrons. The van der Waals surface area contributed by atoms with Crippen molar-refractivity contribution in [3.63, 3.8) is 0 Å². The lowest BCUT2D eigenvalue weighted by atomic mass is 9.93. The maximum atomic E-state index is 14.8. The van der Waals surface area contributed by atoms with Crippen molar-refractivity contribution in [1.82, 2.24) is 9.80 Å². The third kappa shape index (κ3) is 15.2. The fourth-order valence-corrected chi connectivity index (χ4v) is 11.9. The van der Waals surface area contributed by atoms with Crippen LogP contribution >= 0.6 is 0 Å². The van der Waals surface area contributed by atoms with E-state index in [4.69, 9.17) is 57.8 Å². The van der Waals surface area contributed by atoms with Gasteiger partial charge in [-0.1, -0.05) is 30.3 Å². The van der Waals surface area contributed by atoms with Gasteiger partial charge in [0.1, 0.15) is 30.7 Å². The number of aliphatic hydroxyl groups excluding tert-OH is 4. The number of carboxylic acids is 1. The number of nitrogens with zero attached hydrogens (tertiary/aromatic N) is 3. The Bertz CT molecular complexity index is 3190. The van der Waals surface area contributed by atoms with Crippen LogP contribution < -0.4 is 45.0 Å². The van der Waals surface area contributed by atoms with E-state index in [-0.39, 0.29) is 103 Å². The molecule has 4 amide bonds. The average molecular weight is 1260 g/mol. The predicted molar refractivity (Wildman–Crippen MR) is 320 cm³/mol. The molecule has 1 aliphatic carbocycles. The fourth-order valence-electron chi connectivity index (χ4n) is 11.9. The highest BCUT2D eigenvalue weighted by Gasteiger charge is 2.54. The summed E-state index contributed by atoms with van der Waals surface area (Å²) in [5.41, 5.74) is 8.91. The summed E-state index contributed by atoms with van der Waals surface area (Å²) in [6.45, 7) is 4.29. The van der Waals surface area contributed by atoms with Crippen molar-refractivity contribution in [2.75, 3.05) is 115 Å². The molecule has 4 aromatic rings. The van der Waals surface area contributed by atoms with Crippen LogP contribution in [0.5, 0.6) is 28.7 Å². The number of aliphatic carboxylic acids is 1. The van der Waals surface area contributed by atoms with E-state index < -0.39 is 73.5 Å². The van der Waals surface area contributed by atoms with E-state index in [9.17, 15) is 49.5 Å². The summed E-state index contributed by atoms with van der Waals surface area (Å²) in [6.07, 6.45) is -7.28. The van der Waals surface area contributed by atoms with Crippen LogP contribution in [-0.4, -0.2) is 214 Å². The van der Waals surface area contributed by atoms with Gasteiger partial charge in [-0.2, -0.15) is 0 Å². The van der Waals surface area contributed by atoms with Crippen molar-refractivity contribution >= 4 is 46.8 Å². The van der Waals surface area contributed by atoms with E-state index in [1.165, 1.54) is 55.2 Å². The third-order valence-electron chi connectivity index (χ3n) is 16.9. The Morgan fingerprint density at radius 2 is 1.36 bits per heavy atom. The SMILES string of the molecule is COc1cc2c(cc1OCCCCCOc1cc3c(cc1OC)C(=O)N1Cc4ccccc4C[C@H]1[C@H](O)N3C(=O)OCc1ccc(O[C@@H]3O[C@H](C(=O)O)[C@@H](O)[C@H](O)[C@H]3O)c(NC(=O)CCOCCOCCOCCOCCN)c1)NC[C@@H]1CC3(CC3)CN1C2=O. The van der Waals surface area contributed by atoms with E-state index in [2.05, 4.69) is 10.6 Å². The molecular formula is C63H80N6O21. The van der Waals surface area contributed by atoms with E-state index in [0.717, 1.165) is 29.0 Å². The van der Waals surface area contributed by atoms with Gasteiger partial charge < -0.3 is 104 Å². The number of carbonyl (C=O) groups is 5. The minimum absolute atomic E-state index is 0.00306. The van der Waals surface area contributed by atoms with Crippen LogP contribution in [0.3, 0.4) is 0 Å². The number of unbranched alkanes of at least 4 members (excludes halogenated alkanes) is 2. The molecule has 1 saturated carbocycles. The largest absolute Gasteiger partial charge is 0.493 e. The fraction of sp³-hybridized carbons (Fsp3) is 0.540. The molecule has 1 spiro atoms. The van der Waals surface area contributed by atoms with Crippen LogP contribution in [-0.2, 0) is 57.6 Å². The summed E-state index contributed by atoms with van der Waals surface area (Å²) in [4.78, 5) is 73.2. The van der Waals surface area contributed by atoms with Crippen LogP contribution in [0.25, 0.3) is 0 Å². The van der Waals surface area contributed by atoms with E-state index in [1.807, 2.05) is 35.2 Å². The molecule has 8 atom stereocenters. The Morgan fingerprint density at radius 3 is 2.02 bits per heavy atom. The highest BCUT2D eigenvalue weighted by Crippen LogP contribution is 2.56. The van der Waals surface area contributed by atoms with Gasteiger partial charge in [0.2, 0.25) is 12.2 Å². The molecule has 0 radical (unpaired) electrons. The lowest BCUT2D eigenvalue weighted by molar-refractivity contribution is -0.271. The summed E-state index contributed by atoms with van der Waals surface area (Å²) in [7, 11) is 2.97. The van der Waals surface area contributed by atoms with Crippen molar-refractivity contribution < 1.29 is 102 Å². The molecule has 6 aliphatic rings. The predicted octanol–water partition coefficient (Wildman–Crippen LogP) is 3.42. The molecule has 4 aromatic carbocycles. The second-order valence-electron chi connectivity index (χ2n) is 23.0. The Balaban J connectivity index is 0.807. The zero-order valence-corrected chi connectivity index (χ0v) is 50.4. The number of benzene rings is 4. The second-order valence-corrected chi connectivity index (χ2v) is 23.0. The molecule has 10 rings (SSSR count). The molecule has 3 fully saturated rings. The zero-order valence-electron chi connectivity index (χ0n) is 50.4. The number of carbonyl (C=O) groups excluding carboxylic acids is 4. The van der Waals surface area contributed by atoms with E-state index in [0.29, 0.717) is 94.7 Å². The molecule has 90 heavy (non-hydrogen) atoms. The topological polar surface area (TPSA) is 348 Å². The van der Waals surface area contributed by atoms with Gasteiger partial charge in [-0.3, -0.25) is 14.4 Å². The lowest BCUT2D eigenvalue weighted by Crippen LogP contribution is -2.61. The van der Waals surface area contributed by atoms with Crippen molar-refractivity contribution in [2.45, 2.75) is 114 Å².